The number of fused-ring (bicyclic) bond motifs is 2. The van der Waals surface area contributed by atoms with Crippen molar-refractivity contribution in [3.8, 4) is 0 Å². The molecule has 2 N–H and O–H groups in total. The first-order valence-corrected chi connectivity index (χ1v) is 10.2. The third-order valence-corrected chi connectivity index (χ3v) is 5.22. The highest BCUT2D eigenvalue weighted by atomic mass is 14.9. The van der Waals surface area contributed by atoms with Crippen LogP contribution < -0.4 is 10.6 Å². The summed E-state index contributed by atoms with van der Waals surface area (Å²) in [5.41, 5.74) is 7.63. The van der Waals surface area contributed by atoms with E-state index in [2.05, 4.69) is 113 Å². The predicted octanol–water partition coefficient (Wildman–Crippen LogP) is 7.40. The average molecular weight is 386 g/mol. The molecule has 0 aliphatic heterocycles. The summed E-state index contributed by atoms with van der Waals surface area (Å²) in [6.45, 7) is 0. The summed E-state index contributed by atoms with van der Waals surface area (Å²) in [5, 5.41) is 12.0. The molecule has 1 aliphatic rings. The first-order chi connectivity index (χ1) is 14.8. The van der Waals surface area contributed by atoms with Gasteiger partial charge >= 0.3 is 0 Å². The molecule has 0 spiro atoms. The van der Waals surface area contributed by atoms with Crippen LogP contribution in [0, 0.1) is 0 Å². The van der Waals surface area contributed by atoms with Crippen molar-refractivity contribution in [2.45, 2.75) is 6.42 Å². The molecule has 30 heavy (non-hydrogen) atoms. The standard InChI is InChI=1S/C28H22N2/c1-3-9-23-19-27(17-15-21(23)7-1)29-25-11-5-13-26(14-6-12-25)30-28-18-16-22-8-2-4-10-24(22)20-28/h1-12,15-20,29-30H,13H2/b11-5-,25-12+. The highest BCUT2D eigenvalue weighted by Gasteiger charge is 2.02. The Bertz CT molecular complexity index is 1350. The smallest absolute Gasteiger partial charge is 0.0620 e. The Morgan fingerprint density at radius 2 is 1.23 bits per heavy atom. The molecule has 1 aliphatic carbocycles. The molecule has 144 valence electrons. The molecule has 0 bridgehead atoms. The van der Waals surface area contributed by atoms with E-state index in [1.54, 1.807) is 0 Å². The second-order valence-corrected chi connectivity index (χ2v) is 7.39. The van der Waals surface area contributed by atoms with Crippen LogP contribution in [0.15, 0.2) is 126 Å². The van der Waals surface area contributed by atoms with E-state index in [0.717, 1.165) is 29.2 Å². The van der Waals surface area contributed by atoms with Crippen molar-refractivity contribution < 1.29 is 0 Å². The lowest BCUT2D eigenvalue weighted by Crippen LogP contribution is -2.00. The zero-order chi connectivity index (χ0) is 20.2. The molecule has 2 nitrogen and oxygen atoms in total. The van der Waals surface area contributed by atoms with Crippen molar-refractivity contribution in [2.75, 3.05) is 10.6 Å². The number of anilines is 2. The highest BCUT2D eigenvalue weighted by molar-refractivity contribution is 5.86. The number of allylic oxidation sites excluding steroid dienone is 3. The number of benzene rings is 4. The van der Waals surface area contributed by atoms with Crippen molar-refractivity contribution in [1.29, 1.82) is 0 Å². The van der Waals surface area contributed by atoms with E-state index < -0.39 is 0 Å². The van der Waals surface area contributed by atoms with E-state index in [-0.39, 0.29) is 0 Å². The van der Waals surface area contributed by atoms with E-state index >= 15 is 0 Å². The molecule has 4 aromatic carbocycles. The Morgan fingerprint density at radius 1 is 0.633 bits per heavy atom. The molecular formula is C28H22N2. The minimum atomic E-state index is 0.792. The van der Waals surface area contributed by atoms with Gasteiger partial charge in [-0.2, -0.15) is 0 Å². The maximum Gasteiger partial charge on any atom is 0.0620 e. The fourth-order valence-corrected chi connectivity index (χ4v) is 3.70. The number of rotatable bonds is 4. The normalized spacial score (nSPS) is 16.3. The molecule has 0 fully saturated rings. The van der Waals surface area contributed by atoms with Gasteiger partial charge in [-0.15, -0.1) is 0 Å². The summed E-state index contributed by atoms with van der Waals surface area (Å²) in [6.07, 6.45) is 9.08. The first kappa shape index (κ1) is 18.1. The van der Waals surface area contributed by atoms with Crippen molar-refractivity contribution in [3.63, 3.8) is 0 Å². The van der Waals surface area contributed by atoms with Crippen LogP contribution >= 0.6 is 0 Å². The van der Waals surface area contributed by atoms with Gasteiger partial charge in [-0.25, -0.2) is 0 Å². The molecule has 5 rings (SSSR count). The Balaban J connectivity index is 1.34. The van der Waals surface area contributed by atoms with Crippen molar-refractivity contribution in [3.05, 3.63) is 126 Å². The van der Waals surface area contributed by atoms with Gasteiger partial charge in [0.15, 0.2) is 0 Å². The first-order valence-electron chi connectivity index (χ1n) is 10.2. The van der Waals surface area contributed by atoms with Gasteiger partial charge in [0, 0.05) is 23.5 Å². The molecule has 0 amide bonds. The Labute approximate surface area is 176 Å². The van der Waals surface area contributed by atoms with E-state index in [9.17, 15) is 0 Å². The predicted molar refractivity (Wildman–Crippen MR) is 129 cm³/mol. The van der Waals surface area contributed by atoms with Gasteiger partial charge in [-0.05, 0) is 64.0 Å². The van der Waals surface area contributed by atoms with E-state index in [0.29, 0.717) is 0 Å². The molecular weight excluding hydrogens is 364 g/mol. The lowest BCUT2D eigenvalue weighted by molar-refractivity contribution is 1.21. The fraction of sp³-hybridized carbons (Fsp3) is 0.0357. The lowest BCUT2D eigenvalue weighted by Gasteiger charge is -2.11. The van der Waals surface area contributed by atoms with Crippen LogP contribution in [0.2, 0.25) is 0 Å². The maximum atomic E-state index is 3.50. The summed E-state index contributed by atoms with van der Waals surface area (Å²) < 4.78 is 0. The molecule has 0 heterocycles. The second kappa shape index (κ2) is 8.16. The van der Waals surface area contributed by atoms with Gasteiger partial charge in [0.1, 0.15) is 0 Å². The van der Waals surface area contributed by atoms with Gasteiger partial charge < -0.3 is 10.6 Å². The molecule has 0 unspecified atom stereocenters. The Morgan fingerprint density at radius 3 is 1.90 bits per heavy atom. The summed E-state index contributed by atoms with van der Waals surface area (Å²) in [4.78, 5) is 0. The largest absolute Gasteiger partial charge is 0.356 e. The number of hydrogen-bond acceptors (Lipinski definition) is 2. The van der Waals surface area contributed by atoms with E-state index in [4.69, 9.17) is 0 Å². The molecule has 0 atom stereocenters. The van der Waals surface area contributed by atoms with Gasteiger partial charge in [-0.3, -0.25) is 0 Å². The monoisotopic (exact) mass is 386 g/mol. The van der Waals surface area contributed by atoms with Crippen LogP contribution in [0.3, 0.4) is 0 Å². The van der Waals surface area contributed by atoms with Gasteiger partial charge in [0.2, 0.25) is 0 Å². The Kier molecular flexibility index (Phi) is 4.91. The summed E-state index contributed by atoms with van der Waals surface area (Å²) in [7, 11) is 0. The molecule has 0 radical (unpaired) electrons. The quantitative estimate of drug-likeness (QED) is 0.357. The van der Waals surface area contributed by atoms with Crippen molar-refractivity contribution in [1.82, 2.24) is 0 Å². The number of nitrogens with one attached hydrogen (secondary N) is 2. The van der Waals surface area contributed by atoms with Crippen LogP contribution in [0.4, 0.5) is 11.4 Å². The third kappa shape index (κ3) is 4.05. The molecule has 0 aromatic heterocycles. The summed E-state index contributed by atoms with van der Waals surface area (Å²) in [6, 6.07) is 29.7. The molecule has 4 aromatic rings. The highest BCUT2D eigenvalue weighted by Crippen LogP contribution is 2.22. The van der Waals surface area contributed by atoms with Crippen molar-refractivity contribution >= 4 is 32.9 Å². The SMILES string of the molecule is C1=C/C=C(Nc2ccc3ccccc3c2)\C=C/CC=1Nc1ccc2ccccc2c1. The lowest BCUT2D eigenvalue weighted by atomic mass is 10.1. The number of hydrogen-bond donors (Lipinski definition) is 2. The molecule has 2 heteroatoms. The van der Waals surface area contributed by atoms with Gasteiger partial charge in [-0.1, -0.05) is 72.5 Å². The van der Waals surface area contributed by atoms with Crippen LogP contribution in [-0.4, -0.2) is 0 Å². The minimum absolute atomic E-state index is 0.792. The third-order valence-electron chi connectivity index (χ3n) is 5.22. The van der Waals surface area contributed by atoms with E-state index in [1.807, 2.05) is 12.2 Å². The van der Waals surface area contributed by atoms with Gasteiger partial charge in [0.25, 0.3) is 0 Å². The van der Waals surface area contributed by atoms with Crippen LogP contribution in [-0.2, 0) is 0 Å². The van der Waals surface area contributed by atoms with Crippen LogP contribution in [0.1, 0.15) is 6.42 Å². The van der Waals surface area contributed by atoms with Crippen molar-refractivity contribution in [2.24, 2.45) is 0 Å². The summed E-state index contributed by atoms with van der Waals surface area (Å²) in [5.74, 6) is 0. The molecule has 0 saturated carbocycles. The Hall–Kier alpha value is -4.00. The fourth-order valence-electron chi connectivity index (χ4n) is 3.70. The van der Waals surface area contributed by atoms with E-state index in [1.165, 1.54) is 21.5 Å². The maximum absolute atomic E-state index is 3.50. The van der Waals surface area contributed by atoms with Gasteiger partial charge in [0.05, 0.1) is 5.70 Å². The zero-order valence-electron chi connectivity index (χ0n) is 16.6. The minimum Gasteiger partial charge on any atom is -0.356 e. The second-order valence-electron chi connectivity index (χ2n) is 7.39. The van der Waals surface area contributed by atoms with Crippen LogP contribution in [0.5, 0.6) is 0 Å². The topological polar surface area (TPSA) is 24.1 Å². The average Bonchev–Trinajstić information content (AvgIpc) is 2.77. The molecule has 0 saturated heterocycles. The summed E-state index contributed by atoms with van der Waals surface area (Å²) >= 11 is 0. The van der Waals surface area contributed by atoms with Crippen LogP contribution in [0.25, 0.3) is 21.5 Å². The zero-order valence-corrected chi connectivity index (χ0v) is 16.6.